The Labute approximate surface area is 164 Å². The zero-order valence-electron chi connectivity index (χ0n) is 15.7. The lowest BCUT2D eigenvalue weighted by Gasteiger charge is -2.23. The number of nitrogens with zero attached hydrogens (tertiary/aromatic N) is 4. The molecule has 0 atom stereocenters. The molecular weight excluding hydrogens is 374 g/mol. The van der Waals surface area contributed by atoms with Crippen molar-refractivity contribution in [3.8, 4) is 23.0 Å². The third-order valence-electron chi connectivity index (χ3n) is 5.33. The standard InChI is InChI=1S/C19H19N7O3/c1-29-16-15(23-19(28)24-18(16)27)17-22-13(8-10-4-2-5-10)25-26(17)12-7-3-6-11-14(12)21-9-20-11/h3,6-7,9-10H,2,4-5,8H2,1H3,(H,20,21)(H2,23,24,27,28). The Balaban J connectivity index is 1.75. The summed E-state index contributed by atoms with van der Waals surface area (Å²) < 4.78 is 6.87. The van der Waals surface area contributed by atoms with E-state index in [0.29, 0.717) is 28.8 Å². The van der Waals surface area contributed by atoms with Crippen molar-refractivity contribution in [2.24, 2.45) is 5.92 Å². The molecule has 10 heteroatoms. The molecule has 3 N–H and O–H groups in total. The molecule has 148 valence electrons. The number of fused-ring (bicyclic) bond motifs is 1. The van der Waals surface area contributed by atoms with Crippen molar-refractivity contribution in [1.29, 1.82) is 0 Å². The van der Waals surface area contributed by atoms with Gasteiger partial charge in [-0.2, -0.15) is 5.10 Å². The summed E-state index contributed by atoms with van der Waals surface area (Å²) in [4.78, 5) is 41.2. The SMILES string of the molecule is COc1c(-c2nc(CC3CCC3)nn2-c2cccc3[nH]cnc23)[nH]c(=O)[nH]c1=O. The number of rotatable bonds is 5. The predicted octanol–water partition coefficient (Wildman–Crippen LogP) is 1.54. The minimum absolute atomic E-state index is 0.0253. The van der Waals surface area contributed by atoms with E-state index in [0.717, 1.165) is 24.8 Å². The van der Waals surface area contributed by atoms with Crippen molar-refractivity contribution in [2.75, 3.05) is 7.11 Å². The van der Waals surface area contributed by atoms with E-state index in [-0.39, 0.29) is 11.4 Å². The second-order valence-electron chi connectivity index (χ2n) is 7.16. The van der Waals surface area contributed by atoms with Crippen LogP contribution in [0.1, 0.15) is 25.1 Å². The summed E-state index contributed by atoms with van der Waals surface area (Å²) in [6.45, 7) is 0. The van der Waals surface area contributed by atoms with Gasteiger partial charge in [0, 0.05) is 6.42 Å². The number of imidazole rings is 1. The molecule has 0 bridgehead atoms. The Morgan fingerprint density at radius 1 is 1.24 bits per heavy atom. The van der Waals surface area contributed by atoms with Gasteiger partial charge in [0.05, 0.1) is 24.6 Å². The average Bonchev–Trinajstić information content (AvgIpc) is 3.31. The summed E-state index contributed by atoms with van der Waals surface area (Å²) in [7, 11) is 1.37. The van der Waals surface area contributed by atoms with Gasteiger partial charge in [-0.15, -0.1) is 0 Å². The Kier molecular flexibility index (Phi) is 4.04. The lowest BCUT2D eigenvalue weighted by molar-refractivity contribution is 0.309. The maximum absolute atomic E-state index is 12.2. The molecule has 0 radical (unpaired) electrons. The van der Waals surface area contributed by atoms with Gasteiger partial charge in [0.25, 0.3) is 5.56 Å². The molecule has 1 aliphatic rings. The minimum Gasteiger partial charge on any atom is -0.490 e. The van der Waals surface area contributed by atoms with E-state index < -0.39 is 11.2 Å². The van der Waals surface area contributed by atoms with Gasteiger partial charge in [-0.1, -0.05) is 25.3 Å². The number of methoxy groups -OCH3 is 1. The van der Waals surface area contributed by atoms with Crippen molar-refractivity contribution < 1.29 is 4.74 Å². The molecule has 10 nitrogen and oxygen atoms in total. The van der Waals surface area contributed by atoms with Gasteiger partial charge in [-0.25, -0.2) is 19.4 Å². The van der Waals surface area contributed by atoms with Crippen LogP contribution >= 0.6 is 0 Å². The quantitative estimate of drug-likeness (QED) is 0.471. The van der Waals surface area contributed by atoms with Crippen molar-refractivity contribution in [1.82, 2.24) is 34.7 Å². The van der Waals surface area contributed by atoms with Gasteiger partial charge in [-0.3, -0.25) is 9.78 Å². The van der Waals surface area contributed by atoms with E-state index in [2.05, 4.69) is 24.9 Å². The van der Waals surface area contributed by atoms with Crippen LogP contribution in [0.4, 0.5) is 0 Å². The number of H-pyrrole nitrogens is 3. The number of hydrogen-bond acceptors (Lipinski definition) is 6. The first-order valence-electron chi connectivity index (χ1n) is 9.43. The highest BCUT2D eigenvalue weighted by Crippen LogP contribution is 2.31. The fraction of sp³-hybridized carbons (Fsp3) is 0.316. The van der Waals surface area contributed by atoms with Gasteiger partial charge < -0.3 is 14.7 Å². The molecule has 0 spiro atoms. The van der Waals surface area contributed by atoms with Crippen LogP contribution in [-0.4, -0.2) is 41.8 Å². The van der Waals surface area contributed by atoms with Crippen LogP contribution in [0.25, 0.3) is 28.2 Å². The van der Waals surface area contributed by atoms with E-state index in [1.807, 2.05) is 18.2 Å². The highest BCUT2D eigenvalue weighted by molar-refractivity contribution is 5.84. The second kappa shape index (κ2) is 6.73. The molecule has 1 aliphatic carbocycles. The number of para-hydroxylation sites is 1. The Hall–Kier alpha value is -3.69. The third-order valence-corrected chi connectivity index (χ3v) is 5.33. The average molecular weight is 393 g/mol. The van der Waals surface area contributed by atoms with Crippen LogP contribution in [0, 0.1) is 5.92 Å². The predicted molar refractivity (Wildman–Crippen MR) is 105 cm³/mol. The zero-order valence-corrected chi connectivity index (χ0v) is 15.7. The molecule has 1 aromatic carbocycles. The first-order chi connectivity index (χ1) is 14.1. The van der Waals surface area contributed by atoms with Crippen molar-refractivity contribution in [3.63, 3.8) is 0 Å². The van der Waals surface area contributed by atoms with Gasteiger partial charge in [-0.05, 0) is 18.1 Å². The van der Waals surface area contributed by atoms with Crippen LogP contribution < -0.4 is 16.0 Å². The molecule has 29 heavy (non-hydrogen) atoms. The van der Waals surface area contributed by atoms with E-state index in [9.17, 15) is 9.59 Å². The highest BCUT2D eigenvalue weighted by atomic mass is 16.5. The smallest absolute Gasteiger partial charge is 0.326 e. The number of ether oxygens (including phenoxy) is 1. The number of nitrogens with one attached hydrogen (secondary N) is 3. The fourth-order valence-electron chi connectivity index (χ4n) is 3.67. The normalized spacial score (nSPS) is 14.2. The molecule has 1 fully saturated rings. The van der Waals surface area contributed by atoms with E-state index in [1.165, 1.54) is 13.5 Å². The molecule has 3 aromatic heterocycles. The molecule has 0 saturated heterocycles. The molecule has 0 aliphatic heterocycles. The Morgan fingerprint density at radius 2 is 2.10 bits per heavy atom. The Morgan fingerprint density at radius 3 is 2.86 bits per heavy atom. The third kappa shape index (κ3) is 2.93. The molecule has 4 aromatic rings. The van der Waals surface area contributed by atoms with E-state index >= 15 is 0 Å². The molecule has 3 heterocycles. The molecule has 5 rings (SSSR count). The first kappa shape index (κ1) is 17.4. The monoisotopic (exact) mass is 393 g/mol. The van der Waals surface area contributed by atoms with Gasteiger partial charge in [0.1, 0.15) is 11.2 Å². The van der Waals surface area contributed by atoms with E-state index in [1.54, 1.807) is 11.0 Å². The molecule has 0 amide bonds. The largest absolute Gasteiger partial charge is 0.490 e. The summed E-state index contributed by atoms with van der Waals surface area (Å²) in [6, 6.07) is 5.66. The lowest BCUT2D eigenvalue weighted by Crippen LogP contribution is -2.25. The van der Waals surface area contributed by atoms with E-state index in [4.69, 9.17) is 9.84 Å². The molecule has 0 unspecified atom stereocenters. The second-order valence-corrected chi connectivity index (χ2v) is 7.16. The number of aromatic amines is 3. The van der Waals surface area contributed by atoms with Crippen LogP contribution in [0.3, 0.4) is 0 Å². The lowest BCUT2D eigenvalue weighted by atomic mass is 9.83. The number of hydrogen-bond donors (Lipinski definition) is 3. The van der Waals surface area contributed by atoms with Gasteiger partial charge in [0.15, 0.2) is 11.6 Å². The maximum Gasteiger partial charge on any atom is 0.326 e. The first-order valence-corrected chi connectivity index (χ1v) is 9.43. The summed E-state index contributed by atoms with van der Waals surface area (Å²) >= 11 is 0. The fourth-order valence-corrected chi connectivity index (χ4v) is 3.67. The highest BCUT2D eigenvalue weighted by Gasteiger charge is 2.25. The van der Waals surface area contributed by atoms with Crippen molar-refractivity contribution in [3.05, 3.63) is 51.2 Å². The summed E-state index contributed by atoms with van der Waals surface area (Å²) in [5.41, 5.74) is 1.16. The Bertz CT molecular complexity index is 1310. The van der Waals surface area contributed by atoms with Crippen LogP contribution in [-0.2, 0) is 6.42 Å². The summed E-state index contributed by atoms with van der Waals surface area (Å²) in [5.74, 6) is 1.51. The van der Waals surface area contributed by atoms with Crippen LogP contribution in [0.5, 0.6) is 5.75 Å². The number of benzene rings is 1. The van der Waals surface area contributed by atoms with Gasteiger partial charge >= 0.3 is 5.69 Å². The topological polar surface area (TPSA) is 134 Å². The zero-order chi connectivity index (χ0) is 20.0. The molecular formula is C19H19N7O3. The maximum atomic E-state index is 12.2. The minimum atomic E-state index is -0.640. The van der Waals surface area contributed by atoms with Crippen LogP contribution in [0.15, 0.2) is 34.1 Å². The van der Waals surface area contributed by atoms with Gasteiger partial charge in [0.2, 0.25) is 5.75 Å². The van der Waals surface area contributed by atoms with Crippen LogP contribution in [0.2, 0.25) is 0 Å². The summed E-state index contributed by atoms with van der Waals surface area (Å²) in [6.07, 6.45) is 5.88. The summed E-state index contributed by atoms with van der Waals surface area (Å²) in [5, 5.41) is 4.70. The number of aromatic nitrogens is 7. The van der Waals surface area contributed by atoms with Crippen molar-refractivity contribution in [2.45, 2.75) is 25.7 Å². The molecule has 1 saturated carbocycles. The van der Waals surface area contributed by atoms with Crippen molar-refractivity contribution >= 4 is 11.0 Å².